The van der Waals surface area contributed by atoms with E-state index < -0.39 is 12.3 Å². The highest BCUT2D eigenvalue weighted by molar-refractivity contribution is 6.00. The van der Waals surface area contributed by atoms with Crippen LogP contribution in [0, 0.1) is 0 Å². The zero-order valence-electron chi connectivity index (χ0n) is 13.2. The molecule has 0 saturated carbocycles. The molecule has 1 amide bonds. The van der Waals surface area contributed by atoms with Crippen LogP contribution in [0.5, 0.6) is 0 Å². The van der Waals surface area contributed by atoms with Crippen molar-refractivity contribution in [3.63, 3.8) is 0 Å². The number of anilines is 1. The van der Waals surface area contributed by atoms with E-state index in [0.29, 0.717) is 5.70 Å². The zero-order valence-corrected chi connectivity index (χ0v) is 13.2. The monoisotopic (exact) mass is 344 g/mol. The Balaban J connectivity index is 1.59. The van der Waals surface area contributed by atoms with E-state index in [2.05, 4.69) is 20.8 Å². The number of fused-ring (bicyclic) bond motifs is 1. The summed E-state index contributed by atoms with van der Waals surface area (Å²) in [6, 6.07) is 0. The number of nitrogens with one attached hydrogen (secondary N) is 2. The largest absolute Gasteiger partial charge is 0.348 e. The molecule has 2 aliphatic rings. The van der Waals surface area contributed by atoms with Crippen LogP contribution < -0.4 is 10.6 Å². The van der Waals surface area contributed by atoms with Crippen molar-refractivity contribution < 1.29 is 13.6 Å². The Labute approximate surface area is 141 Å². The van der Waals surface area contributed by atoms with Gasteiger partial charge in [0, 0.05) is 31.0 Å². The van der Waals surface area contributed by atoms with Crippen molar-refractivity contribution in [2.45, 2.75) is 13.0 Å². The second-order valence-corrected chi connectivity index (χ2v) is 5.72. The Hall–Kier alpha value is -3.23. The average molecular weight is 344 g/mol. The van der Waals surface area contributed by atoms with Gasteiger partial charge < -0.3 is 10.6 Å². The lowest BCUT2D eigenvalue weighted by atomic mass is 10.2. The Morgan fingerprint density at radius 3 is 2.76 bits per heavy atom. The number of carbonyl (C=O) groups is 1. The van der Waals surface area contributed by atoms with Gasteiger partial charge in [0.1, 0.15) is 17.1 Å². The first kappa shape index (κ1) is 15.3. The zero-order chi connectivity index (χ0) is 17.6. The molecule has 0 fully saturated rings. The molecule has 0 radical (unpaired) electrons. The van der Waals surface area contributed by atoms with Crippen LogP contribution in [0.3, 0.4) is 0 Å². The van der Waals surface area contributed by atoms with E-state index in [-0.39, 0.29) is 23.6 Å². The lowest BCUT2D eigenvalue weighted by molar-refractivity contribution is 0.0951. The number of rotatable bonds is 4. The maximum absolute atomic E-state index is 13.3. The normalized spacial score (nSPS) is 15.1. The Morgan fingerprint density at radius 2 is 2.12 bits per heavy atom. The van der Waals surface area contributed by atoms with Crippen molar-refractivity contribution in [3.8, 4) is 0 Å². The Bertz CT molecular complexity index is 942. The third-order valence-electron chi connectivity index (χ3n) is 3.88. The van der Waals surface area contributed by atoms with Crippen LogP contribution >= 0.6 is 0 Å². The average Bonchev–Trinajstić information content (AvgIpc) is 3.22. The topological polar surface area (TPSA) is 76.8 Å². The van der Waals surface area contributed by atoms with Crippen LogP contribution in [0.25, 0.3) is 5.70 Å². The number of amides is 1. The van der Waals surface area contributed by atoms with E-state index in [1.807, 2.05) is 0 Å². The van der Waals surface area contributed by atoms with Gasteiger partial charge in [0.25, 0.3) is 12.3 Å². The van der Waals surface area contributed by atoms with Gasteiger partial charge in [0.2, 0.25) is 0 Å². The summed E-state index contributed by atoms with van der Waals surface area (Å²) in [6.45, 7) is 0.282. The van der Waals surface area contributed by atoms with E-state index in [4.69, 9.17) is 0 Å². The number of alkyl halides is 2. The number of carbonyl (C=O) groups excluding carboxylic acids is 1. The summed E-state index contributed by atoms with van der Waals surface area (Å²) in [7, 11) is 1.78. The summed E-state index contributed by atoms with van der Waals surface area (Å²) < 4.78 is 29.4. The molecule has 3 heterocycles. The SMILES string of the molecule is Cn1cc(CNC(=O)c2cnn3c2NC(=C2C=C2)C=C3C(F)F)cn1. The third-order valence-corrected chi connectivity index (χ3v) is 3.88. The highest BCUT2D eigenvalue weighted by Gasteiger charge is 2.28. The molecule has 0 saturated heterocycles. The summed E-state index contributed by atoms with van der Waals surface area (Å²) >= 11 is 0. The molecule has 2 aromatic rings. The first-order valence-electron chi connectivity index (χ1n) is 7.56. The molecule has 0 spiro atoms. The van der Waals surface area contributed by atoms with Gasteiger partial charge in [-0.15, -0.1) is 0 Å². The molecule has 2 aromatic heterocycles. The minimum atomic E-state index is -2.71. The maximum atomic E-state index is 13.3. The molecule has 1 aliphatic heterocycles. The number of hydrogen-bond donors (Lipinski definition) is 2. The van der Waals surface area contributed by atoms with Gasteiger partial charge in [-0.1, -0.05) is 12.2 Å². The lowest BCUT2D eigenvalue weighted by Crippen LogP contribution is -2.25. The fraction of sp³-hybridized carbons (Fsp3) is 0.188. The first-order chi connectivity index (χ1) is 12.0. The summed E-state index contributed by atoms with van der Waals surface area (Å²) in [5, 5.41) is 13.7. The summed E-state index contributed by atoms with van der Waals surface area (Å²) in [4.78, 5) is 12.5. The molecule has 0 atom stereocenters. The fourth-order valence-electron chi connectivity index (χ4n) is 2.58. The van der Waals surface area contributed by atoms with Gasteiger partial charge >= 0.3 is 0 Å². The number of halogens is 2. The molecular weight excluding hydrogens is 330 g/mol. The molecule has 0 aromatic carbocycles. The van der Waals surface area contributed by atoms with Crippen molar-refractivity contribution in [2.75, 3.05) is 5.32 Å². The second kappa shape index (κ2) is 5.69. The smallest absolute Gasteiger partial charge is 0.280 e. The van der Waals surface area contributed by atoms with Gasteiger partial charge in [0.15, 0.2) is 0 Å². The van der Waals surface area contributed by atoms with E-state index in [1.165, 1.54) is 12.3 Å². The molecule has 2 N–H and O–H groups in total. The van der Waals surface area contributed by atoms with Crippen LogP contribution in [-0.4, -0.2) is 31.9 Å². The number of aryl methyl sites for hydroxylation is 1. The van der Waals surface area contributed by atoms with Crippen molar-refractivity contribution in [3.05, 3.63) is 59.2 Å². The summed E-state index contributed by atoms with van der Waals surface area (Å²) in [6.07, 6.45) is 6.95. The maximum Gasteiger partial charge on any atom is 0.280 e. The molecule has 0 unspecified atom stereocenters. The number of allylic oxidation sites excluding steroid dienone is 5. The molecule has 25 heavy (non-hydrogen) atoms. The molecule has 9 heteroatoms. The van der Waals surface area contributed by atoms with Crippen molar-refractivity contribution in [1.29, 1.82) is 0 Å². The van der Waals surface area contributed by atoms with E-state index in [1.54, 1.807) is 36.3 Å². The van der Waals surface area contributed by atoms with Gasteiger partial charge in [-0.25, -0.2) is 13.5 Å². The molecule has 4 rings (SSSR count). The number of hydrogen-bond acceptors (Lipinski definition) is 4. The number of nitrogens with zero attached hydrogens (tertiary/aromatic N) is 4. The molecule has 7 nitrogen and oxygen atoms in total. The molecule has 0 bridgehead atoms. The molecule has 128 valence electrons. The lowest BCUT2D eigenvalue weighted by Gasteiger charge is -2.20. The molecule has 1 aliphatic carbocycles. The van der Waals surface area contributed by atoms with Crippen molar-refractivity contribution in [1.82, 2.24) is 24.9 Å². The second-order valence-electron chi connectivity index (χ2n) is 5.72. The van der Waals surface area contributed by atoms with Gasteiger partial charge in [-0.2, -0.15) is 10.2 Å². The predicted molar refractivity (Wildman–Crippen MR) is 86.7 cm³/mol. The van der Waals surface area contributed by atoms with Gasteiger partial charge in [-0.3, -0.25) is 9.48 Å². The minimum absolute atomic E-state index is 0.203. The molecular formula is C16H14F2N6O. The van der Waals surface area contributed by atoms with E-state index >= 15 is 0 Å². The standard InChI is InChI=1S/C16H14F2N6O/c1-23-8-9(6-20-23)5-19-16(25)11-7-21-24-13(14(17)18)4-12(10-2-3-10)22-15(11)24/h2-4,6-8,14,22H,5H2,1H3,(H,19,25). The fourth-order valence-corrected chi connectivity index (χ4v) is 2.58. The number of aromatic nitrogens is 4. The van der Waals surface area contributed by atoms with E-state index in [9.17, 15) is 13.6 Å². The Morgan fingerprint density at radius 1 is 1.32 bits per heavy atom. The van der Waals surface area contributed by atoms with Crippen LogP contribution in [0.4, 0.5) is 14.6 Å². The predicted octanol–water partition coefficient (Wildman–Crippen LogP) is 1.90. The van der Waals surface area contributed by atoms with Crippen molar-refractivity contribution in [2.24, 2.45) is 7.05 Å². The van der Waals surface area contributed by atoms with Gasteiger partial charge in [-0.05, 0) is 11.6 Å². The van der Waals surface area contributed by atoms with Gasteiger partial charge in [0.05, 0.1) is 12.4 Å². The summed E-state index contributed by atoms with van der Waals surface area (Å²) in [5.41, 5.74) is 2.13. The highest BCUT2D eigenvalue weighted by Crippen LogP contribution is 2.33. The van der Waals surface area contributed by atoms with Crippen molar-refractivity contribution >= 4 is 17.4 Å². The Kier molecular flexibility index (Phi) is 3.48. The first-order valence-corrected chi connectivity index (χ1v) is 7.56. The van der Waals surface area contributed by atoms with E-state index in [0.717, 1.165) is 15.8 Å². The minimum Gasteiger partial charge on any atom is -0.348 e. The van der Waals surface area contributed by atoms with Crippen LogP contribution in [0.1, 0.15) is 15.9 Å². The third kappa shape index (κ3) is 2.84. The highest BCUT2D eigenvalue weighted by atomic mass is 19.3. The van der Waals surface area contributed by atoms with Crippen LogP contribution in [0.2, 0.25) is 0 Å². The van der Waals surface area contributed by atoms with Crippen LogP contribution in [-0.2, 0) is 13.6 Å². The quantitative estimate of drug-likeness (QED) is 0.888. The summed E-state index contributed by atoms with van der Waals surface area (Å²) in [5.74, 6) is -0.168. The van der Waals surface area contributed by atoms with Crippen LogP contribution in [0.15, 0.2) is 48.1 Å².